The molecule has 0 aliphatic carbocycles. The zero-order valence-electron chi connectivity index (χ0n) is 13.1. The van der Waals surface area contributed by atoms with Crippen LogP contribution in [0.5, 0.6) is 0 Å². The van der Waals surface area contributed by atoms with Crippen molar-refractivity contribution in [2.45, 2.75) is 49.1 Å². The van der Waals surface area contributed by atoms with E-state index in [0.29, 0.717) is 0 Å². The summed E-state index contributed by atoms with van der Waals surface area (Å²) in [6.07, 6.45) is -2.71. The maximum atomic E-state index is 12.7. The first-order chi connectivity index (χ1) is 10.4. The van der Waals surface area contributed by atoms with Gasteiger partial charge in [0.2, 0.25) is 9.84 Å². The van der Waals surface area contributed by atoms with Crippen LogP contribution in [0.4, 0.5) is 13.2 Å². The lowest BCUT2D eigenvalue weighted by Crippen LogP contribution is -2.29. The van der Waals surface area contributed by atoms with Crippen LogP contribution in [0.3, 0.4) is 0 Å². The van der Waals surface area contributed by atoms with Crippen LogP contribution in [0.15, 0.2) is 46.3 Å². The van der Waals surface area contributed by atoms with Crippen LogP contribution in [0.25, 0.3) is 0 Å². The van der Waals surface area contributed by atoms with E-state index in [2.05, 4.69) is 4.99 Å². The molecule has 7 heteroatoms. The Balaban J connectivity index is 2.36. The van der Waals surface area contributed by atoms with E-state index in [-0.39, 0.29) is 16.7 Å². The first-order valence-corrected chi connectivity index (χ1v) is 8.63. The Bertz CT molecular complexity index is 739. The van der Waals surface area contributed by atoms with Gasteiger partial charge in [-0.25, -0.2) is 8.42 Å². The third-order valence-corrected chi connectivity index (χ3v) is 5.54. The van der Waals surface area contributed by atoms with Gasteiger partial charge in [0, 0.05) is 6.42 Å². The zero-order valence-corrected chi connectivity index (χ0v) is 13.9. The van der Waals surface area contributed by atoms with Crippen LogP contribution in [-0.2, 0) is 15.3 Å². The molecule has 1 atom stereocenters. The number of nitrogens with zero attached hydrogens (tertiary/aromatic N) is 1. The molecule has 3 nitrogen and oxygen atoms in total. The molecule has 0 aromatic heterocycles. The number of halogens is 3. The topological polar surface area (TPSA) is 46.5 Å². The second-order valence-electron chi connectivity index (χ2n) is 6.42. The summed E-state index contributed by atoms with van der Waals surface area (Å²) in [7, 11) is -3.96. The summed E-state index contributed by atoms with van der Waals surface area (Å²) in [5.41, 5.74) is -0.361. The number of aliphatic imine (C=N–C) groups is 1. The molecule has 1 heterocycles. The first kappa shape index (κ1) is 17.7. The van der Waals surface area contributed by atoms with Crippen molar-refractivity contribution in [1.82, 2.24) is 0 Å². The molecule has 1 aliphatic heterocycles. The van der Waals surface area contributed by atoms with E-state index in [4.69, 9.17) is 0 Å². The number of hydrogen-bond acceptors (Lipinski definition) is 3. The van der Waals surface area contributed by atoms with Gasteiger partial charge in [0.15, 0.2) is 5.37 Å². The molecule has 1 aromatic rings. The minimum absolute atomic E-state index is 0.0175. The predicted molar refractivity (Wildman–Crippen MR) is 83.4 cm³/mol. The molecule has 1 aliphatic rings. The van der Waals surface area contributed by atoms with E-state index < -0.39 is 27.1 Å². The first-order valence-electron chi connectivity index (χ1n) is 7.08. The number of rotatable bonds is 2. The third-order valence-electron chi connectivity index (χ3n) is 3.59. The van der Waals surface area contributed by atoms with Crippen molar-refractivity contribution in [3.63, 3.8) is 0 Å². The molecular formula is C16H18F3NO2S. The van der Waals surface area contributed by atoms with Gasteiger partial charge in [-0.05, 0) is 29.2 Å². The van der Waals surface area contributed by atoms with Crippen LogP contribution >= 0.6 is 0 Å². The number of dihydropyridines is 1. The fourth-order valence-corrected chi connectivity index (χ4v) is 3.66. The Morgan fingerprint density at radius 1 is 1.09 bits per heavy atom. The summed E-state index contributed by atoms with van der Waals surface area (Å²) in [4.78, 5) is 3.37. The lowest BCUT2D eigenvalue weighted by Gasteiger charge is -2.21. The lowest BCUT2D eigenvalue weighted by atomic mass is 9.87. The van der Waals surface area contributed by atoms with Gasteiger partial charge in [-0.3, -0.25) is 4.99 Å². The van der Waals surface area contributed by atoms with Gasteiger partial charge in [0.25, 0.3) is 0 Å². The largest absolute Gasteiger partial charge is 0.432 e. The summed E-state index contributed by atoms with van der Waals surface area (Å²) in [6, 6.07) is 6.22. The summed E-state index contributed by atoms with van der Waals surface area (Å²) < 4.78 is 63.2. The molecule has 0 N–H and O–H groups in total. The van der Waals surface area contributed by atoms with Crippen LogP contribution < -0.4 is 0 Å². The second-order valence-corrected chi connectivity index (χ2v) is 8.53. The smallest absolute Gasteiger partial charge is 0.260 e. The number of benzene rings is 1. The molecule has 0 amide bonds. The number of sulfone groups is 1. The number of alkyl halides is 3. The average molecular weight is 345 g/mol. The molecular weight excluding hydrogens is 327 g/mol. The summed E-state index contributed by atoms with van der Waals surface area (Å²) in [5.74, 6) is 0. The van der Waals surface area contributed by atoms with Crippen LogP contribution in [0.1, 0.15) is 32.8 Å². The van der Waals surface area contributed by atoms with E-state index in [0.717, 1.165) is 11.6 Å². The van der Waals surface area contributed by atoms with Gasteiger partial charge < -0.3 is 0 Å². The van der Waals surface area contributed by atoms with Crippen molar-refractivity contribution in [3.05, 3.63) is 42.0 Å². The maximum Gasteiger partial charge on any atom is 0.432 e. The molecule has 0 spiro atoms. The standard InChI is InChI=1S/C16H18F3NO2S/c1-15(2,3)11-7-9-12(10-8-11)23(21,22)14-6-4-5-13(20-14)16(17,18)19/h4-5,7-10,14H,6H2,1-3H3. The molecule has 1 unspecified atom stereocenters. The predicted octanol–water partition coefficient (Wildman–Crippen LogP) is 4.05. The Morgan fingerprint density at radius 2 is 1.65 bits per heavy atom. The van der Waals surface area contributed by atoms with Crippen molar-refractivity contribution < 1.29 is 21.6 Å². The van der Waals surface area contributed by atoms with Gasteiger partial charge in [0.05, 0.1) is 4.90 Å². The highest BCUT2D eigenvalue weighted by Gasteiger charge is 2.38. The summed E-state index contributed by atoms with van der Waals surface area (Å²) in [6.45, 7) is 5.97. The van der Waals surface area contributed by atoms with Crippen molar-refractivity contribution in [2.75, 3.05) is 0 Å². The summed E-state index contributed by atoms with van der Waals surface area (Å²) in [5, 5.41) is -1.44. The molecule has 0 bridgehead atoms. The quantitative estimate of drug-likeness (QED) is 0.812. The SMILES string of the molecule is CC(C)(C)c1ccc(S(=O)(=O)C2CC=CC(C(F)(F)F)=N2)cc1. The van der Waals surface area contributed by atoms with E-state index in [1.54, 1.807) is 12.1 Å². The van der Waals surface area contributed by atoms with Crippen molar-refractivity contribution >= 4 is 15.5 Å². The molecule has 23 heavy (non-hydrogen) atoms. The van der Waals surface area contributed by atoms with Crippen LogP contribution in [0, 0.1) is 0 Å². The minimum Gasteiger partial charge on any atom is -0.260 e. The fraction of sp³-hybridized carbons (Fsp3) is 0.438. The highest BCUT2D eigenvalue weighted by atomic mass is 32.2. The highest BCUT2D eigenvalue weighted by molar-refractivity contribution is 7.92. The highest BCUT2D eigenvalue weighted by Crippen LogP contribution is 2.29. The van der Waals surface area contributed by atoms with Gasteiger partial charge >= 0.3 is 6.18 Å². The molecule has 126 valence electrons. The number of hydrogen-bond donors (Lipinski definition) is 0. The van der Waals surface area contributed by atoms with Crippen LogP contribution in [-0.4, -0.2) is 25.7 Å². The maximum absolute atomic E-state index is 12.7. The Labute approximate surface area is 133 Å². The van der Waals surface area contributed by atoms with Crippen molar-refractivity contribution in [3.8, 4) is 0 Å². The molecule has 2 rings (SSSR count). The van der Waals surface area contributed by atoms with Crippen LogP contribution in [0.2, 0.25) is 0 Å². The van der Waals surface area contributed by atoms with E-state index in [9.17, 15) is 21.6 Å². The molecule has 1 aromatic carbocycles. The van der Waals surface area contributed by atoms with Gasteiger partial charge in [-0.2, -0.15) is 13.2 Å². The Kier molecular flexibility index (Phi) is 4.45. The van der Waals surface area contributed by atoms with E-state index in [1.165, 1.54) is 18.2 Å². The molecule has 0 saturated carbocycles. The number of allylic oxidation sites excluding steroid dienone is 1. The third kappa shape index (κ3) is 3.83. The Morgan fingerprint density at radius 3 is 2.13 bits per heavy atom. The summed E-state index contributed by atoms with van der Waals surface area (Å²) >= 11 is 0. The Hall–Kier alpha value is -1.63. The van der Waals surface area contributed by atoms with Gasteiger partial charge in [0.1, 0.15) is 5.71 Å². The lowest BCUT2D eigenvalue weighted by molar-refractivity contribution is -0.0580. The zero-order chi connectivity index (χ0) is 17.5. The minimum atomic E-state index is -4.65. The van der Waals surface area contributed by atoms with E-state index >= 15 is 0 Å². The average Bonchev–Trinajstić information content (AvgIpc) is 2.46. The molecule has 0 fully saturated rings. The normalized spacial score (nSPS) is 19.6. The molecule has 0 radical (unpaired) electrons. The van der Waals surface area contributed by atoms with E-state index in [1.807, 2.05) is 20.8 Å². The van der Waals surface area contributed by atoms with Gasteiger partial charge in [-0.1, -0.05) is 39.0 Å². The van der Waals surface area contributed by atoms with Gasteiger partial charge in [-0.15, -0.1) is 0 Å². The molecule has 0 saturated heterocycles. The fourth-order valence-electron chi connectivity index (χ4n) is 2.21. The second kappa shape index (κ2) is 5.78. The monoisotopic (exact) mass is 345 g/mol. The van der Waals surface area contributed by atoms with Crippen molar-refractivity contribution in [2.24, 2.45) is 4.99 Å². The van der Waals surface area contributed by atoms with Crippen molar-refractivity contribution in [1.29, 1.82) is 0 Å².